The van der Waals surface area contributed by atoms with Crippen LogP contribution in [0.3, 0.4) is 0 Å². The van der Waals surface area contributed by atoms with Crippen LogP contribution in [0.4, 0.5) is 0 Å². The summed E-state index contributed by atoms with van der Waals surface area (Å²) in [6, 6.07) is 0. The molecule has 0 fully saturated rings. The molecule has 0 aliphatic rings. The number of carbonyl (C=O) groups excluding carboxylic acids is 3. The first-order valence-electron chi connectivity index (χ1n) is 24.1. The maximum Gasteiger partial charge on any atom is 0.306 e. The molecule has 6 heteroatoms. The highest BCUT2D eigenvalue weighted by Gasteiger charge is 2.19. The predicted molar refractivity (Wildman–Crippen MR) is 242 cm³/mol. The molecule has 0 radical (unpaired) electrons. The quantitative estimate of drug-likeness (QED) is 0.0265. The van der Waals surface area contributed by atoms with E-state index in [-0.39, 0.29) is 31.1 Å². The number of unbranched alkanes of at least 4 members (excludes halogenated alkanes) is 24. The van der Waals surface area contributed by atoms with Crippen molar-refractivity contribution in [3.8, 4) is 0 Å². The molecule has 0 rings (SSSR count). The van der Waals surface area contributed by atoms with Crippen molar-refractivity contribution in [3.05, 3.63) is 48.6 Å². The molecule has 0 aromatic carbocycles. The van der Waals surface area contributed by atoms with E-state index in [0.29, 0.717) is 19.3 Å². The third kappa shape index (κ3) is 44.3. The maximum absolute atomic E-state index is 12.7. The summed E-state index contributed by atoms with van der Waals surface area (Å²) in [5, 5.41) is 0. The molecule has 0 aliphatic heterocycles. The monoisotopic (exact) mass is 799 g/mol. The second-order valence-electron chi connectivity index (χ2n) is 16.0. The smallest absolute Gasteiger partial charge is 0.306 e. The van der Waals surface area contributed by atoms with Gasteiger partial charge in [-0.2, -0.15) is 0 Å². The summed E-state index contributed by atoms with van der Waals surface area (Å²) in [7, 11) is 0. The van der Waals surface area contributed by atoms with E-state index in [9.17, 15) is 14.4 Å². The Labute approximate surface area is 352 Å². The Kier molecular flexibility index (Phi) is 43.9. The SMILES string of the molecule is CC/C=C\C/C=C\C/C=C\C/C=C\CCCCCCCCC(=O)OCC(COC(=O)CCCCCCCCC)OC(=O)CCCCCCCCCCCCCCC. The minimum Gasteiger partial charge on any atom is -0.462 e. The van der Waals surface area contributed by atoms with Crippen molar-refractivity contribution >= 4 is 17.9 Å². The lowest BCUT2D eigenvalue weighted by Gasteiger charge is -2.18. The zero-order valence-corrected chi connectivity index (χ0v) is 37.6. The molecule has 1 unspecified atom stereocenters. The number of carbonyl (C=O) groups is 3. The van der Waals surface area contributed by atoms with Crippen LogP contribution in [0.5, 0.6) is 0 Å². The fraction of sp³-hybridized carbons (Fsp3) is 0.784. The van der Waals surface area contributed by atoms with Crippen molar-refractivity contribution < 1.29 is 28.6 Å². The number of rotatable bonds is 43. The lowest BCUT2D eigenvalue weighted by atomic mass is 10.0. The second-order valence-corrected chi connectivity index (χ2v) is 16.0. The van der Waals surface area contributed by atoms with E-state index in [4.69, 9.17) is 14.2 Å². The molecule has 330 valence electrons. The van der Waals surface area contributed by atoms with E-state index in [1.165, 1.54) is 109 Å². The Hall–Kier alpha value is -2.63. The first-order valence-corrected chi connectivity index (χ1v) is 24.1. The van der Waals surface area contributed by atoms with Crippen molar-refractivity contribution in [2.45, 2.75) is 245 Å². The zero-order chi connectivity index (χ0) is 41.5. The van der Waals surface area contributed by atoms with E-state index in [0.717, 1.165) is 89.9 Å². The van der Waals surface area contributed by atoms with Crippen molar-refractivity contribution in [1.82, 2.24) is 0 Å². The summed E-state index contributed by atoms with van der Waals surface area (Å²) in [6.07, 6.45) is 53.9. The van der Waals surface area contributed by atoms with Crippen LogP contribution in [-0.4, -0.2) is 37.2 Å². The average Bonchev–Trinajstić information content (AvgIpc) is 3.21. The zero-order valence-electron chi connectivity index (χ0n) is 37.6. The van der Waals surface area contributed by atoms with E-state index >= 15 is 0 Å². The average molecular weight is 799 g/mol. The van der Waals surface area contributed by atoms with Crippen LogP contribution in [0.1, 0.15) is 239 Å². The highest BCUT2D eigenvalue weighted by molar-refractivity contribution is 5.71. The topological polar surface area (TPSA) is 78.9 Å². The van der Waals surface area contributed by atoms with E-state index in [1.807, 2.05) is 0 Å². The van der Waals surface area contributed by atoms with E-state index in [2.05, 4.69) is 69.4 Å². The Bertz CT molecular complexity index is 1010. The van der Waals surface area contributed by atoms with Gasteiger partial charge in [-0.15, -0.1) is 0 Å². The number of ether oxygens (including phenoxy) is 3. The van der Waals surface area contributed by atoms with Crippen molar-refractivity contribution in [2.75, 3.05) is 13.2 Å². The molecule has 0 spiro atoms. The fourth-order valence-electron chi connectivity index (χ4n) is 6.73. The fourth-order valence-corrected chi connectivity index (χ4v) is 6.73. The molecule has 0 bridgehead atoms. The van der Waals surface area contributed by atoms with Gasteiger partial charge in [0.05, 0.1) is 0 Å². The standard InChI is InChI=1S/C51H90O6/c1-4-7-10-13-16-18-20-22-23-24-25-26-27-29-30-32-35-38-41-44-50(53)56-47-48(46-55-49(52)43-40-37-34-15-12-9-6-3)57-51(54)45-42-39-36-33-31-28-21-19-17-14-11-8-5-2/h7,10,16,18,22-23,25-26,48H,4-6,8-9,11-15,17,19-21,24,27-47H2,1-3H3/b10-7-,18-16-,23-22-,26-25-. The van der Waals surface area contributed by atoms with Gasteiger partial charge in [0, 0.05) is 19.3 Å². The van der Waals surface area contributed by atoms with Gasteiger partial charge >= 0.3 is 17.9 Å². The highest BCUT2D eigenvalue weighted by Crippen LogP contribution is 2.15. The summed E-state index contributed by atoms with van der Waals surface area (Å²) < 4.78 is 16.7. The molecule has 0 N–H and O–H groups in total. The second kappa shape index (κ2) is 46.1. The highest BCUT2D eigenvalue weighted by atomic mass is 16.6. The van der Waals surface area contributed by atoms with Gasteiger partial charge in [-0.1, -0.05) is 211 Å². The summed E-state index contributed by atoms with van der Waals surface area (Å²) in [5.41, 5.74) is 0. The molecule has 1 atom stereocenters. The van der Waals surface area contributed by atoms with Crippen molar-refractivity contribution in [1.29, 1.82) is 0 Å². The first-order chi connectivity index (χ1) is 28.0. The van der Waals surface area contributed by atoms with Crippen LogP contribution in [0.15, 0.2) is 48.6 Å². The van der Waals surface area contributed by atoms with Crippen molar-refractivity contribution in [2.24, 2.45) is 0 Å². The van der Waals surface area contributed by atoms with Gasteiger partial charge in [0.15, 0.2) is 6.10 Å². The summed E-state index contributed by atoms with van der Waals surface area (Å²) in [6.45, 7) is 6.47. The largest absolute Gasteiger partial charge is 0.462 e. The first kappa shape index (κ1) is 54.4. The van der Waals surface area contributed by atoms with Gasteiger partial charge in [0.1, 0.15) is 13.2 Å². The molecule has 0 saturated heterocycles. The number of hydrogen-bond acceptors (Lipinski definition) is 6. The molecular formula is C51H90O6. The molecular weight excluding hydrogens is 709 g/mol. The molecule has 57 heavy (non-hydrogen) atoms. The molecule has 0 aromatic heterocycles. The molecule has 0 aromatic rings. The summed E-state index contributed by atoms with van der Waals surface area (Å²) in [5.74, 6) is -0.892. The molecule has 0 saturated carbocycles. The summed E-state index contributed by atoms with van der Waals surface area (Å²) >= 11 is 0. The van der Waals surface area contributed by atoms with Gasteiger partial charge in [0.25, 0.3) is 0 Å². The summed E-state index contributed by atoms with van der Waals surface area (Å²) in [4.78, 5) is 37.7. The predicted octanol–water partition coefficient (Wildman–Crippen LogP) is 15.5. The Morgan fingerprint density at radius 2 is 0.684 bits per heavy atom. The third-order valence-corrected chi connectivity index (χ3v) is 10.3. The van der Waals surface area contributed by atoms with Gasteiger partial charge in [-0.3, -0.25) is 14.4 Å². The minimum atomic E-state index is -0.772. The van der Waals surface area contributed by atoms with Crippen LogP contribution in [0.2, 0.25) is 0 Å². The van der Waals surface area contributed by atoms with Crippen LogP contribution < -0.4 is 0 Å². The molecule has 0 aliphatic carbocycles. The minimum absolute atomic E-state index is 0.0755. The van der Waals surface area contributed by atoms with Crippen LogP contribution in [0.25, 0.3) is 0 Å². The van der Waals surface area contributed by atoms with E-state index < -0.39 is 6.10 Å². The van der Waals surface area contributed by atoms with Gasteiger partial charge in [-0.25, -0.2) is 0 Å². The lowest BCUT2D eigenvalue weighted by molar-refractivity contribution is -0.167. The Morgan fingerprint density at radius 3 is 1.07 bits per heavy atom. The van der Waals surface area contributed by atoms with Crippen LogP contribution in [0, 0.1) is 0 Å². The molecule has 0 amide bonds. The van der Waals surface area contributed by atoms with Gasteiger partial charge < -0.3 is 14.2 Å². The van der Waals surface area contributed by atoms with Crippen LogP contribution in [-0.2, 0) is 28.6 Å². The number of allylic oxidation sites excluding steroid dienone is 8. The number of esters is 3. The van der Waals surface area contributed by atoms with E-state index in [1.54, 1.807) is 0 Å². The molecule has 0 heterocycles. The van der Waals surface area contributed by atoms with Crippen LogP contribution >= 0.6 is 0 Å². The Morgan fingerprint density at radius 1 is 0.368 bits per heavy atom. The maximum atomic E-state index is 12.7. The Balaban J connectivity index is 4.28. The van der Waals surface area contributed by atoms with Crippen molar-refractivity contribution in [3.63, 3.8) is 0 Å². The number of hydrogen-bond donors (Lipinski definition) is 0. The van der Waals surface area contributed by atoms with Gasteiger partial charge in [-0.05, 0) is 57.8 Å². The normalized spacial score (nSPS) is 12.4. The lowest BCUT2D eigenvalue weighted by Crippen LogP contribution is -2.30. The molecule has 6 nitrogen and oxygen atoms in total. The van der Waals surface area contributed by atoms with Gasteiger partial charge in [0.2, 0.25) is 0 Å². The third-order valence-electron chi connectivity index (χ3n) is 10.3.